The van der Waals surface area contributed by atoms with Crippen molar-refractivity contribution in [2.24, 2.45) is 0 Å². The Balaban J connectivity index is 1.41. The topological polar surface area (TPSA) is 54.3 Å². The molecule has 27 heavy (non-hydrogen) atoms. The number of aryl methyl sites for hydroxylation is 1. The highest BCUT2D eigenvalue weighted by Crippen LogP contribution is 2.28. The molecule has 2 aliphatic rings. The predicted octanol–water partition coefficient (Wildman–Crippen LogP) is 2.85. The molecule has 0 spiro atoms. The molecule has 4 rings (SSSR count). The lowest BCUT2D eigenvalue weighted by Gasteiger charge is -2.33. The Bertz CT molecular complexity index is 772. The number of amides is 1. The van der Waals surface area contributed by atoms with Crippen LogP contribution in [0.3, 0.4) is 0 Å². The normalized spacial score (nSPS) is 20.7. The maximum Gasteiger partial charge on any atom is 0.240 e. The summed E-state index contributed by atoms with van der Waals surface area (Å²) in [6, 6.07) is 9.85. The molecule has 1 saturated heterocycles. The average molecular weight is 367 g/mol. The van der Waals surface area contributed by atoms with Crippen LogP contribution in [-0.4, -0.2) is 52.3 Å². The molecule has 1 amide bonds. The van der Waals surface area contributed by atoms with Gasteiger partial charge in [-0.1, -0.05) is 24.6 Å². The number of rotatable bonds is 4. The molecule has 3 heterocycles. The minimum absolute atomic E-state index is 0.141. The van der Waals surface area contributed by atoms with Crippen LogP contribution in [0.5, 0.6) is 0 Å². The SMILES string of the molecule is CN(C(=O)CN1CCCC(c2nnc3n2CCCCC3)C1)c1ccccc1. The number of likely N-dealkylation sites (N-methyl/N-ethyl adjacent to an activating group) is 1. The molecule has 0 aliphatic carbocycles. The van der Waals surface area contributed by atoms with Crippen LogP contribution >= 0.6 is 0 Å². The van der Waals surface area contributed by atoms with Gasteiger partial charge in [0.1, 0.15) is 11.6 Å². The minimum atomic E-state index is 0.141. The van der Waals surface area contributed by atoms with E-state index in [-0.39, 0.29) is 5.91 Å². The second kappa shape index (κ2) is 8.21. The van der Waals surface area contributed by atoms with Crippen LogP contribution in [0.4, 0.5) is 5.69 Å². The highest BCUT2D eigenvalue weighted by molar-refractivity contribution is 5.94. The van der Waals surface area contributed by atoms with E-state index >= 15 is 0 Å². The van der Waals surface area contributed by atoms with E-state index in [0.717, 1.165) is 56.2 Å². The molecule has 1 aromatic heterocycles. The summed E-state index contributed by atoms with van der Waals surface area (Å²) in [6.07, 6.45) is 7.00. The highest BCUT2D eigenvalue weighted by Gasteiger charge is 2.28. The van der Waals surface area contributed by atoms with Gasteiger partial charge in [-0.2, -0.15) is 0 Å². The summed E-state index contributed by atoms with van der Waals surface area (Å²) < 4.78 is 2.36. The molecule has 6 heteroatoms. The number of nitrogens with zero attached hydrogens (tertiary/aromatic N) is 5. The van der Waals surface area contributed by atoms with Crippen LogP contribution in [0.1, 0.15) is 49.7 Å². The number of para-hydroxylation sites is 1. The molecule has 1 unspecified atom stereocenters. The van der Waals surface area contributed by atoms with Crippen molar-refractivity contribution in [3.63, 3.8) is 0 Å². The van der Waals surface area contributed by atoms with Gasteiger partial charge < -0.3 is 9.47 Å². The summed E-state index contributed by atoms with van der Waals surface area (Å²) in [4.78, 5) is 16.8. The lowest BCUT2D eigenvalue weighted by molar-refractivity contribution is -0.119. The summed E-state index contributed by atoms with van der Waals surface area (Å²) in [6.45, 7) is 3.38. The van der Waals surface area contributed by atoms with E-state index in [0.29, 0.717) is 12.5 Å². The quantitative estimate of drug-likeness (QED) is 0.834. The van der Waals surface area contributed by atoms with Crippen LogP contribution in [-0.2, 0) is 17.8 Å². The van der Waals surface area contributed by atoms with Gasteiger partial charge in [0, 0.05) is 38.2 Å². The molecule has 1 aromatic carbocycles. The number of aromatic nitrogens is 3. The van der Waals surface area contributed by atoms with E-state index in [1.807, 2.05) is 37.4 Å². The largest absolute Gasteiger partial charge is 0.315 e. The number of likely N-dealkylation sites (tertiary alicyclic amines) is 1. The summed E-state index contributed by atoms with van der Waals surface area (Å²) in [5.74, 6) is 2.81. The van der Waals surface area contributed by atoms with E-state index < -0.39 is 0 Å². The van der Waals surface area contributed by atoms with Crippen molar-refractivity contribution in [1.82, 2.24) is 19.7 Å². The Morgan fingerprint density at radius 1 is 1.11 bits per heavy atom. The van der Waals surface area contributed by atoms with Gasteiger partial charge in [0.25, 0.3) is 0 Å². The molecule has 6 nitrogen and oxygen atoms in total. The predicted molar refractivity (Wildman–Crippen MR) is 106 cm³/mol. The Hall–Kier alpha value is -2.21. The third kappa shape index (κ3) is 4.05. The summed E-state index contributed by atoms with van der Waals surface area (Å²) >= 11 is 0. The lowest BCUT2D eigenvalue weighted by Crippen LogP contribution is -2.43. The maximum absolute atomic E-state index is 12.7. The van der Waals surface area contributed by atoms with Crippen LogP contribution in [0.25, 0.3) is 0 Å². The number of fused-ring (bicyclic) bond motifs is 1. The first-order chi connectivity index (χ1) is 13.2. The summed E-state index contributed by atoms with van der Waals surface area (Å²) in [5.41, 5.74) is 0.943. The Morgan fingerprint density at radius 2 is 1.96 bits per heavy atom. The molecule has 2 aliphatic heterocycles. The number of carbonyl (C=O) groups is 1. The Morgan fingerprint density at radius 3 is 2.81 bits per heavy atom. The fourth-order valence-corrected chi connectivity index (χ4v) is 4.31. The van der Waals surface area contributed by atoms with Gasteiger partial charge in [-0.3, -0.25) is 9.69 Å². The van der Waals surface area contributed by atoms with E-state index in [9.17, 15) is 4.79 Å². The molecule has 0 bridgehead atoms. The number of anilines is 1. The van der Waals surface area contributed by atoms with E-state index in [4.69, 9.17) is 0 Å². The monoisotopic (exact) mass is 367 g/mol. The molecule has 2 aromatic rings. The number of piperidine rings is 1. The van der Waals surface area contributed by atoms with Gasteiger partial charge in [-0.05, 0) is 44.4 Å². The Labute approximate surface area is 161 Å². The number of carbonyl (C=O) groups excluding carboxylic acids is 1. The van der Waals surface area contributed by atoms with Crippen molar-refractivity contribution >= 4 is 11.6 Å². The molecule has 0 N–H and O–H groups in total. The fourth-order valence-electron chi connectivity index (χ4n) is 4.31. The average Bonchev–Trinajstić information content (AvgIpc) is 2.96. The zero-order chi connectivity index (χ0) is 18.6. The second-order valence-corrected chi connectivity index (χ2v) is 7.80. The minimum Gasteiger partial charge on any atom is -0.315 e. The van der Waals surface area contributed by atoms with Crippen molar-refractivity contribution in [3.05, 3.63) is 42.0 Å². The van der Waals surface area contributed by atoms with Gasteiger partial charge in [0.15, 0.2) is 0 Å². The highest BCUT2D eigenvalue weighted by atomic mass is 16.2. The van der Waals surface area contributed by atoms with E-state index in [1.54, 1.807) is 4.90 Å². The van der Waals surface area contributed by atoms with Crippen molar-refractivity contribution in [3.8, 4) is 0 Å². The molecule has 0 saturated carbocycles. The third-order valence-electron chi connectivity index (χ3n) is 5.89. The fraction of sp³-hybridized carbons (Fsp3) is 0.571. The van der Waals surface area contributed by atoms with Crippen molar-refractivity contribution in [1.29, 1.82) is 0 Å². The van der Waals surface area contributed by atoms with Gasteiger partial charge in [-0.25, -0.2) is 0 Å². The zero-order valence-electron chi connectivity index (χ0n) is 16.2. The van der Waals surface area contributed by atoms with Gasteiger partial charge >= 0.3 is 0 Å². The number of hydrogen-bond acceptors (Lipinski definition) is 4. The van der Waals surface area contributed by atoms with Crippen molar-refractivity contribution < 1.29 is 4.79 Å². The Kier molecular flexibility index (Phi) is 5.53. The first-order valence-corrected chi connectivity index (χ1v) is 10.2. The van der Waals surface area contributed by atoms with E-state index in [2.05, 4.69) is 19.7 Å². The van der Waals surface area contributed by atoms with Gasteiger partial charge in [-0.15, -0.1) is 10.2 Å². The standard InChI is InChI=1S/C21H29N5O/c1-24(18-10-4-2-5-11-18)20(27)16-25-13-8-9-17(15-25)21-23-22-19-12-6-3-7-14-26(19)21/h2,4-5,10-11,17H,3,6-9,12-16H2,1H3. The van der Waals surface area contributed by atoms with Crippen LogP contribution < -0.4 is 4.90 Å². The van der Waals surface area contributed by atoms with Gasteiger partial charge in [0.05, 0.1) is 6.54 Å². The van der Waals surface area contributed by atoms with Crippen LogP contribution in [0, 0.1) is 0 Å². The number of hydrogen-bond donors (Lipinski definition) is 0. The molecular formula is C21H29N5O. The van der Waals surface area contributed by atoms with Crippen LogP contribution in [0.2, 0.25) is 0 Å². The van der Waals surface area contributed by atoms with Crippen molar-refractivity contribution in [2.45, 2.75) is 51.0 Å². The molecule has 1 atom stereocenters. The third-order valence-corrected chi connectivity index (χ3v) is 5.89. The lowest BCUT2D eigenvalue weighted by atomic mass is 9.97. The first kappa shape index (κ1) is 18.2. The molecule has 144 valence electrons. The molecule has 0 radical (unpaired) electrons. The van der Waals surface area contributed by atoms with Crippen LogP contribution in [0.15, 0.2) is 30.3 Å². The second-order valence-electron chi connectivity index (χ2n) is 7.80. The first-order valence-electron chi connectivity index (χ1n) is 10.2. The smallest absolute Gasteiger partial charge is 0.240 e. The maximum atomic E-state index is 12.7. The van der Waals surface area contributed by atoms with E-state index in [1.165, 1.54) is 19.3 Å². The molecule has 1 fully saturated rings. The summed E-state index contributed by atoms with van der Waals surface area (Å²) in [5, 5.41) is 9.02. The zero-order valence-corrected chi connectivity index (χ0v) is 16.2. The number of benzene rings is 1. The van der Waals surface area contributed by atoms with Gasteiger partial charge in [0.2, 0.25) is 5.91 Å². The molecular weight excluding hydrogens is 338 g/mol. The van der Waals surface area contributed by atoms with Crippen molar-refractivity contribution in [2.75, 3.05) is 31.6 Å². The summed E-state index contributed by atoms with van der Waals surface area (Å²) in [7, 11) is 1.86.